The van der Waals surface area contributed by atoms with Gasteiger partial charge in [0.05, 0.1) is 17.7 Å². The lowest BCUT2D eigenvalue weighted by molar-refractivity contribution is -0.385. The molecule has 0 aliphatic heterocycles. The summed E-state index contributed by atoms with van der Waals surface area (Å²) in [4.78, 5) is 22.5. The number of rotatable bonds is 8. The van der Waals surface area contributed by atoms with Crippen LogP contribution in [-0.2, 0) is 0 Å². The quantitative estimate of drug-likeness (QED) is 0.337. The first kappa shape index (κ1) is 19.1. The van der Waals surface area contributed by atoms with Gasteiger partial charge in [-0.15, -0.1) is 0 Å². The molecule has 0 spiro atoms. The molecule has 2 aromatic rings. The van der Waals surface area contributed by atoms with E-state index in [-0.39, 0.29) is 11.3 Å². The average molecular weight is 355 g/mol. The van der Waals surface area contributed by atoms with E-state index in [9.17, 15) is 14.9 Å². The van der Waals surface area contributed by atoms with Gasteiger partial charge in [-0.25, -0.2) is 5.43 Å². The summed E-state index contributed by atoms with van der Waals surface area (Å²) in [6.07, 6.45) is 3.58. The zero-order chi connectivity index (χ0) is 18.9. The fourth-order valence-corrected chi connectivity index (χ4v) is 2.16. The number of hydrazone groups is 1. The molecule has 26 heavy (non-hydrogen) atoms. The SMILES string of the molecule is CCCCOc1ccc(/C=N\NC(=O)c2ccc(C)c([N+](=O)[O-])c2)cc1. The van der Waals surface area contributed by atoms with Crippen molar-refractivity contribution in [3.63, 3.8) is 0 Å². The summed E-state index contributed by atoms with van der Waals surface area (Å²) in [6, 6.07) is 11.6. The molecular formula is C19H21N3O4. The minimum Gasteiger partial charge on any atom is -0.494 e. The average Bonchev–Trinajstić information content (AvgIpc) is 2.63. The van der Waals surface area contributed by atoms with Gasteiger partial charge in [0.15, 0.2) is 0 Å². The van der Waals surface area contributed by atoms with Crippen molar-refractivity contribution in [2.24, 2.45) is 5.10 Å². The van der Waals surface area contributed by atoms with Gasteiger partial charge in [-0.05, 0) is 49.2 Å². The van der Waals surface area contributed by atoms with Crippen molar-refractivity contribution in [3.8, 4) is 5.75 Å². The van der Waals surface area contributed by atoms with E-state index in [2.05, 4.69) is 17.5 Å². The number of ether oxygens (including phenoxy) is 1. The van der Waals surface area contributed by atoms with Crippen LogP contribution in [0.25, 0.3) is 0 Å². The van der Waals surface area contributed by atoms with Crippen LogP contribution in [0.5, 0.6) is 5.75 Å². The fourth-order valence-electron chi connectivity index (χ4n) is 2.16. The molecule has 2 aromatic carbocycles. The van der Waals surface area contributed by atoms with Crippen molar-refractivity contribution in [1.29, 1.82) is 0 Å². The molecule has 0 atom stereocenters. The molecule has 0 unspecified atom stereocenters. The number of nitro groups is 1. The summed E-state index contributed by atoms with van der Waals surface area (Å²) >= 11 is 0. The van der Waals surface area contributed by atoms with Gasteiger partial charge in [0, 0.05) is 17.2 Å². The Morgan fingerprint density at radius 1 is 1.27 bits per heavy atom. The summed E-state index contributed by atoms with van der Waals surface area (Å²) in [6.45, 7) is 4.41. The Labute approximate surface area is 151 Å². The fraction of sp³-hybridized carbons (Fsp3) is 0.263. The predicted octanol–water partition coefficient (Wildman–Crippen LogP) is 3.85. The highest BCUT2D eigenvalue weighted by Gasteiger charge is 2.14. The van der Waals surface area contributed by atoms with Gasteiger partial charge in [0.2, 0.25) is 0 Å². The first-order valence-corrected chi connectivity index (χ1v) is 8.32. The lowest BCUT2D eigenvalue weighted by Crippen LogP contribution is -2.17. The Hall–Kier alpha value is -3.22. The number of benzene rings is 2. The summed E-state index contributed by atoms with van der Waals surface area (Å²) in [7, 11) is 0. The van der Waals surface area contributed by atoms with Crippen LogP contribution in [0.1, 0.15) is 41.3 Å². The number of nitro benzene ring substituents is 1. The number of hydrogen-bond donors (Lipinski definition) is 1. The van der Waals surface area contributed by atoms with Crippen molar-refractivity contribution in [3.05, 3.63) is 69.3 Å². The smallest absolute Gasteiger partial charge is 0.273 e. The molecule has 0 bridgehead atoms. The first-order valence-electron chi connectivity index (χ1n) is 8.32. The van der Waals surface area contributed by atoms with E-state index in [1.807, 2.05) is 24.3 Å². The number of carbonyl (C=O) groups excluding carboxylic acids is 1. The first-order chi connectivity index (χ1) is 12.5. The van der Waals surface area contributed by atoms with Crippen LogP contribution in [0.2, 0.25) is 0 Å². The van der Waals surface area contributed by atoms with Crippen molar-refractivity contribution >= 4 is 17.8 Å². The number of aryl methyl sites for hydroxylation is 1. The monoisotopic (exact) mass is 355 g/mol. The molecule has 0 aliphatic rings. The largest absolute Gasteiger partial charge is 0.494 e. The van der Waals surface area contributed by atoms with E-state index >= 15 is 0 Å². The molecule has 0 aromatic heterocycles. The number of carbonyl (C=O) groups is 1. The second-order valence-electron chi connectivity index (χ2n) is 5.73. The van der Waals surface area contributed by atoms with E-state index in [1.54, 1.807) is 6.92 Å². The number of nitrogens with one attached hydrogen (secondary N) is 1. The van der Waals surface area contributed by atoms with E-state index in [1.165, 1.54) is 24.4 Å². The van der Waals surface area contributed by atoms with Crippen molar-refractivity contribution in [1.82, 2.24) is 5.43 Å². The third-order valence-corrected chi connectivity index (χ3v) is 3.69. The van der Waals surface area contributed by atoms with Crippen LogP contribution < -0.4 is 10.2 Å². The summed E-state index contributed by atoms with van der Waals surface area (Å²) < 4.78 is 5.57. The normalized spacial score (nSPS) is 10.7. The Kier molecular flexibility index (Phi) is 6.84. The van der Waals surface area contributed by atoms with Crippen LogP contribution in [0.4, 0.5) is 5.69 Å². The second kappa shape index (κ2) is 9.31. The Balaban J connectivity index is 1.94. The molecule has 0 fully saturated rings. The van der Waals surface area contributed by atoms with E-state index in [0.29, 0.717) is 12.2 Å². The Bertz CT molecular complexity index is 801. The molecule has 7 heteroatoms. The molecule has 7 nitrogen and oxygen atoms in total. The molecular weight excluding hydrogens is 334 g/mol. The molecule has 0 heterocycles. The summed E-state index contributed by atoms with van der Waals surface area (Å²) in [5, 5.41) is 14.8. The molecule has 1 N–H and O–H groups in total. The standard InChI is InChI=1S/C19H21N3O4/c1-3-4-11-26-17-9-6-15(7-10-17)13-20-21-19(23)16-8-5-14(2)18(12-16)22(24)25/h5-10,12-13H,3-4,11H2,1-2H3,(H,21,23)/b20-13-. The molecule has 136 valence electrons. The highest BCUT2D eigenvalue weighted by molar-refractivity contribution is 5.95. The van der Waals surface area contributed by atoms with Crippen LogP contribution in [0.3, 0.4) is 0 Å². The van der Waals surface area contributed by atoms with E-state index in [0.717, 1.165) is 24.2 Å². The van der Waals surface area contributed by atoms with E-state index in [4.69, 9.17) is 4.74 Å². The Morgan fingerprint density at radius 3 is 2.65 bits per heavy atom. The molecule has 1 amide bonds. The third-order valence-electron chi connectivity index (χ3n) is 3.69. The van der Waals surface area contributed by atoms with Gasteiger partial charge in [0.1, 0.15) is 5.75 Å². The molecule has 0 aliphatic carbocycles. The minimum atomic E-state index is -0.514. The molecule has 0 radical (unpaired) electrons. The summed E-state index contributed by atoms with van der Waals surface area (Å²) in [5.41, 5.74) is 3.74. The molecule has 0 saturated carbocycles. The van der Waals surface area contributed by atoms with Crippen LogP contribution in [-0.4, -0.2) is 23.7 Å². The maximum absolute atomic E-state index is 12.1. The third kappa shape index (κ3) is 5.41. The highest BCUT2D eigenvalue weighted by atomic mass is 16.6. The second-order valence-corrected chi connectivity index (χ2v) is 5.73. The maximum Gasteiger partial charge on any atom is 0.273 e. The number of nitrogens with zero attached hydrogens (tertiary/aromatic N) is 2. The predicted molar refractivity (Wildman–Crippen MR) is 99.7 cm³/mol. The minimum absolute atomic E-state index is 0.0970. The zero-order valence-corrected chi connectivity index (χ0v) is 14.8. The van der Waals surface area contributed by atoms with Gasteiger partial charge in [-0.1, -0.05) is 19.4 Å². The number of hydrogen-bond acceptors (Lipinski definition) is 5. The molecule has 2 rings (SSSR count). The number of unbranched alkanes of at least 4 members (excludes halogenated alkanes) is 1. The van der Waals surface area contributed by atoms with Crippen molar-refractivity contribution < 1.29 is 14.5 Å². The summed E-state index contributed by atoms with van der Waals surface area (Å²) in [5.74, 6) is 0.274. The zero-order valence-electron chi connectivity index (χ0n) is 14.8. The van der Waals surface area contributed by atoms with Crippen molar-refractivity contribution in [2.45, 2.75) is 26.7 Å². The van der Waals surface area contributed by atoms with Crippen LogP contribution in [0.15, 0.2) is 47.6 Å². The lowest BCUT2D eigenvalue weighted by atomic mass is 10.1. The van der Waals surface area contributed by atoms with Gasteiger partial charge in [0.25, 0.3) is 11.6 Å². The molecule has 0 saturated heterocycles. The van der Waals surface area contributed by atoms with Crippen LogP contribution >= 0.6 is 0 Å². The lowest BCUT2D eigenvalue weighted by Gasteiger charge is -2.05. The van der Waals surface area contributed by atoms with Gasteiger partial charge in [-0.3, -0.25) is 14.9 Å². The van der Waals surface area contributed by atoms with Gasteiger partial charge in [-0.2, -0.15) is 5.10 Å². The van der Waals surface area contributed by atoms with Crippen molar-refractivity contribution in [2.75, 3.05) is 6.61 Å². The van der Waals surface area contributed by atoms with Gasteiger partial charge < -0.3 is 4.74 Å². The number of amides is 1. The van der Waals surface area contributed by atoms with E-state index < -0.39 is 10.8 Å². The highest BCUT2D eigenvalue weighted by Crippen LogP contribution is 2.19. The maximum atomic E-state index is 12.1. The Morgan fingerprint density at radius 2 is 2.00 bits per heavy atom. The van der Waals surface area contributed by atoms with Crippen LogP contribution in [0, 0.1) is 17.0 Å². The van der Waals surface area contributed by atoms with Gasteiger partial charge >= 0.3 is 0 Å². The topological polar surface area (TPSA) is 93.8 Å².